The van der Waals surface area contributed by atoms with Gasteiger partial charge in [0.1, 0.15) is 5.82 Å². The molecule has 0 unspecified atom stereocenters. The number of esters is 1. The molecule has 158 valence electrons. The Labute approximate surface area is 179 Å². The molecule has 0 N–H and O–H groups in total. The number of anilines is 1. The lowest BCUT2D eigenvalue weighted by Crippen LogP contribution is -2.30. The first kappa shape index (κ1) is 22.0. The van der Waals surface area contributed by atoms with Gasteiger partial charge >= 0.3 is 5.97 Å². The molecule has 0 fully saturated rings. The SMILES string of the molecule is CCOC(=O)Cc1ccc(N(Cc2cccs2)S(=O)(=O)c2ccc(F)c(C)c2)cc1. The molecule has 0 bridgehead atoms. The van der Waals surface area contributed by atoms with E-state index in [0.717, 1.165) is 16.5 Å². The van der Waals surface area contributed by atoms with Gasteiger partial charge in [0.2, 0.25) is 0 Å². The molecule has 1 heterocycles. The predicted molar refractivity (Wildman–Crippen MR) is 116 cm³/mol. The van der Waals surface area contributed by atoms with Gasteiger partial charge in [0.15, 0.2) is 0 Å². The zero-order valence-electron chi connectivity index (χ0n) is 16.7. The molecule has 5 nitrogen and oxygen atoms in total. The highest BCUT2D eigenvalue weighted by molar-refractivity contribution is 7.92. The predicted octanol–water partition coefficient (Wildman–Crippen LogP) is 4.70. The second-order valence-corrected chi connectivity index (χ2v) is 9.54. The molecule has 0 saturated carbocycles. The van der Waals surface area contributed by atoms with Gasteiger partial charge in [0, 0.05) is 4.88 Å². The summed E-state index contributed by atoms with van der Waals surface area (Å²) in [6, 6.07) is 14.2. The Morgan fingerprint density at radius 2 is 1.87 bits per heavy atom. The number of thiophene rings is 1. The minimum absolute atomic E-state index is 0.0218. The van der Waals surface area contributed by atoms with Gasteiger partial charge < -0.3 is 4.74 Å². The maximum absolute atomic E-state index is 13.7. The van der Waals surface area contributed by atoms with Crippen LogP contribution in [-0.4, -0.2) is 21.0 Å². The van der Waals surface area contributed by atoms with Gasteiger partial charge in [-0.15, -0.1) is 11.3 Å². The molecule has 0 saturated heterocycles. The molecule has 0 aliphatic rings. The third-order valence-corrected chi connectivity index (χ3v) is 7.11. The first-order chi connectivity index (χ1) is 14.3. The number of ether oxygens (including phenoxy) is 1. The molecule has 0 aliphatic heterocycles. The Kier molecular flexibility index (Phi) is 6.89. The third kappa shape index (κ3) is 5.06. The van der Waals surface area contributed by atoms with E-state index < -0.39 is 15.8 Å². The van der Waals surface area contributed by atoms with Crippen LogP contribution < -0.4 is 4.31 Å². The van der Waals surface area contributed by atoms with Gasteiger partial charge in [-0.2, -0.15) is 0 Å². The van der Waals surface area contributed by atoms with Crippen LogP contribution in [0.3, 0.4) is 0 Å². The van der Waals surface area contributed by atoms with Crippen LogP contribution in [0, 0.1) is 12.7 Å². The standard InChI is InChI=1S/C22H22FNO4S2/c1-3-28-22(25)14-17-6-8-18(9-7-17)24(15-19-5-4-12-29-19)30(26,27)20-10-11-21(23)16(2)13-20/h4-13H,3,14-15H2,1-2H3. The molecular formula is C22H22FNO4S2. The minimum Gasteiger partial charge on any atom is -0.466 e. The van der Waals surface area contributed by atoms with E-state index in [9.17, 15) is 17.6 Å². The van der Waals surface area contributed by atoms with Gasteiger partial charge in [0.05, 0.1) is 30.2 Å². The van der Waals surface area contributed by atoms with E-state index in [2.05, 4.69) is 0 Å². The van der Waals surface area contributed by atoms with Crippen molar-refractivity contribution in [3.8, 4) is 0 Å². The van der Waals surface area contributed by atoms with Crippen molar-refractivity contribution >= 4 is 33.0 Å². The highest BCUT2D eigenvalue weighted by Crippen LogP contribution is 2.28. The lowest BCUT2D eigenvalue weighted by atomic mass is 10.1. The van der Waals surface area contributed by atoms with E-state index in [0.29, 0.717) is 12.3 Å². The fourth-order valence-electron chi connectivity index (χ4n) is 2.92. The fraction of sp³-hybridized carbons (Fsp3) is 0.227. The first-order valence-electron chi connectivity index (χ1n) is 9.37. The van der Waals surface area contributed by atoms with Gasteiger partial charge in [-0.1, -0.05) is 18.2 Å². The largest absolute Gasteiger partial charge is 0.466 e. The van der Waals surface area contributed by atoms with E-state index >= 15 is 0 Å². The van der Waals surface area contributed by atoms with Crippen LogP contribution >= 0.6 is 11.3 Å². The highest BCUT2D eigenvalue weighted by atomic mass is 32.2. The maximum atomic E-state index is 13.7. The number of halogens is 1. The second-order valence-electron chi connectivity index (χ2n) is 6.65. The molecule has 0 radical (unpaired) electrons. The molecule has 3 rings (SSSR count). The molecule has 30 heavy (non-hydrogen) atoms. The maximum Gasteiger partial charge on any atom is 0.310 e. The second kappa shape index (κ2) is 9.40. The van der Waals surface area contributed by atoms with Crippen molar-refractivity contribution in [2.24, 2.45) is 0 Å². The number of hydrogen-bond acceptors (Lipinski definition) is 5. The molecule has 8 heteroatoms. The van der Waals surface area contributed by atoms with E-state index in [4.69, 9.17) is 4.74 Å². The quantitative estimate of drug-likeness (QED) is 0.470. The zero-order valence-corrected chi connectivity index (χ0v) is 18.3. The highest BCUT2D eigenvalue weighted by Gasteiger charge is 2.26. The number of hydrogen-bond donors (Lipinski definition) is 0. The number of rotatable bonds is 8. The van der Waals surface area contributed by atoms with E-state index in [-0.39, 0.29) is 29.4 Å². The van der Waals surface area contributed by atoms with Crippen molar-refractivity contribution in [3.05, 3.63) is 81.8 Å². The molecule has 2 aromatic carbocycles. The summed E-state index contributed by atoms with van der Waals surface area (Å²) < 4.78 is 46.7. The number of sulfonamides is 1. The van der Waals surface area contributed by atoms with E-state index in [1.807, 2.05) is 17.5 Å². The number of aryl methyl sites for hydroxylation is 1. The molecule has 0 atom stereocenters. The van der Waals surface area contributed by atoms with Crippen molar-refractivity contribution in [1.82, 2.24) is 0 Å². The first-order valence-corrected chi connectivity index (χ1v) is 11.7. The summed E-state index contributed by atoms with van der Waals surface area (Å²) in [7, 11) is -3.93. The summed E-state index contributed by atoms with van der Waals surface area (Å²) in [6.07, 6.45) is 0.114. The van der Waals surface area contributed by atoms with Crippen LogP contribution in [0.15, 0.2) is 64.9 Å². The number of carbonyl (C=O) groups is 1. The van der Waals surface area contributed by atoms with E-state index in [1.54, 1.807) is 31.2 Å². The summed E-state index contributed by atoms with van der Waals surface area (Å²) in [5.41, 5.74) is 1.44. The van der Waals surface area contributed by atoms with Crippen LogP contribution in [-0.2, 0) is 32.5 Å². The number of benzene rings is 2. The Morgan fingerprint density at radius 3 is 2.47 bits per heavy atom. The van der Waals surface area contributed by atoms with Crippen molar-refractivity contribution < 1.29 is 22.3 Å². The number of nitrogens with zero attached hydrogens (tertiary/aromatic N) is 1. The van der Waals surface area contributed by atoms with Crippen molar-refractivity contribution in [2.75, 3.05) is 10.9 Å². The average molecular weight is 448 g/mol. The van der Waals surface area contributed by atoms with Crippen LogP contribution in [0.4, 0.5) is 10.1 Å². The Balaban J connectivity index is 1.96. The van der Waals surface area contributed by atoms with Gasteiger partial charge in [0.25, 0.3) is 10.0 Å². The normalized spacial score (nSPS) is 11.3. The van der Waals surface area contributed by atoms with Gasteiger partial charge in [-0.05, 0) is 66.8 Å². The summed E-state index contributed by atoms with van der Waals surface area (Å²) in [6.45, 7) is 3.72. The van der Waals surface area contributed by atoms with Crippen LogP contribution in [0.2, 0.25) is 0 Å². The summed E-state index contributed by atoms with van der Waals surface area (Å²) in [4.78, 5) is 12.6. The molecule has 0 amide bonds. The summed E-state index contributed by atoms with van der Waals surface area (Å²) in [5.74, 6) is -0.794. The van der Waals surface area contributed by atoms with Gasteiger partial charge in [-0.3, -0.25) is 9.10 Å². The Hall–Kier alpha value is -2.71. The average Bonchev–Trinajstić information content (AvgIpc) is 3.22. The van der Waals surface area contributed by atoms with Crippen molar-refractivity contribution in [2.45, 2.75) is 31.7 Å². The minimum atomic E-state index is -3.93. The smallest absolute Gasteiger partial charge is 0.310 e. The van der Waals surface area contributed by atoms with Crippen molar-refractivity contribution in [1.29, 1.82) is 0 Å². The number of carbonyl (C=O) groups excluding carboxylic acids is 1. The lowest BCUT2D eigenvalue weighted by Gasteiger charge is -2.24. The van der Waals surface area contributed by atoms with Gasteiger partial charge in [-0.25, -0.2) is 12.8 Å². The topological polar surface area (TPSA) is 63.7 Å². The van der Waals surface area contributed by atoms with Crippen LogP contribution in [0.25, 0.3) is 0 Å². The lowest BCUT2D eigenvalue weighted by molar-refractivity contribution is -0.142. The van der Waals surface area contributed by atoms with Crippen molar-refractivity contribution in [3.63, 3.8) is 0 Å². The molecule has 1 aromatic heterocycles. The fourth-order valence-corrected chi connectivity index (χ4v) is 5.23. The Bertz CT molecular complexity index is 1110. The van der Waals surface area contributed by atoms with Crippen LogP contribution in [0.1, 0.15) is 22.9 Å². The molecular weight excluding hydrogens is 425 g/mol. The summed E-state index contributed by atoms with van der Waals surface area (Å²) in [5, 5.41) is 1.88. The van der Waals surface area contributed by atoms with Crippen LogP contribution in [0.5, 0.6) is 0 Å². The zero-order chi connectivity index (χ0) is 21.7. The third-order valence-electron chi connectivity index (χ3n) is 4.48. The molecule has 0 aliphatic carbocycles. The Morgan fingerprint density at radius 1 is 1.13 bits per heavy atom. The molecule has 3 aromatic rings. The monoisotopic (exact) mass is 447 g/mol. The summed E-state index contributed by atoms with van der Waals surface area (Å²) >= 11 is 1.45. The van der Waals surface area contributed by atoms with E-state index in [1.165, 1.54) is 34.7 Å². The molecule has 0 spiro atoms.